The van der Waals surface area contributed by atoms with E-state index in [0.717, 1.165) is 42.8 Å². The molecule has 3 rings (SSSR count). The monoisotopic (exact) mass is 321 g/mol. The van der Waals surface area contributed by atoms with Crippen LogP contribution in [-0.2, 0) is 12.6 Å². The maximum Gasteiger partial charge on any atom is 0.416 e. The third kappa shape index (κ3) is 3.85. The van der Waals surface area contributed by atoms with E-state index in [2.05, 4.69) is 5.32 Å². The summed E-state index contributed by atoms with van der Waals surface area (Å²) in [5, 5.41) is 3.36. The molecule has 122 valence electrons. The molecule has 1 heterocycles. The number of benzene rings is 2. The minimum absolute atomic E-state index is 0.122. The van der Waals surface area contributed by atoms with E-state index in [4.69, 9.17) is 4.74 Å². The van der Waals surface area contributed by atoms with Gasteiger partial charge in [0.2, 0.25) is 0 Å². The molecule has 0 radical (unpaired) electrons. The van der Waals surface area contributed by atoms with Gasteiger partial charge in [-0.15, -0.1) is 0 Å². The van der Waals surface area contributed by atoms with Gasteiger partial charge in [-0.2, -0.15) is 13.2 Å². The summed E-state index contributed by atoms with van der Waals surface area (Å²) in [7, 11) is 0. The first kappa shape index (κ1) is 15.9. The molecule has 1 N–H and O–H groups in total. The number of fused-ring (bicyclic) bond motifs is 1. The highest BCUT2D eigenvalue weighted by atomic mass is 19.4. The molecule has 0 saturated carbocycles. The Bertz CT molecular complexity index is 652. The predicted octanol–water partition coefficient (Wildman–Crippen LogP) is 4.36. The highest BCUT2D eigenvalue weighted by Crippen LogP contribution is 2.30. The van der Waals surface area contributed by atoms with Crippen LogP contribution in [0.15, 0.2) is 48.5 Å². The van der Waals surface area contributed by atoms with E-state index >= 15 is 0 Å². The number of nitrogens with one attached hydrogen (secondary N) is 1. The lowest BCUT2D eigenvalue weighted by Crippen LogP contribution is -2.27. The van der Waals surface area contributed by atoms with E-state index in [-0.39, 0.29) is 6.04 Å². The molecular weight excluding hydrogens is 303 g/mol. The molecule has 1 atom stereocenters. The fourth-order valence-electron chi connectivity index (χ4n) is 2.76. The van der Waals surface area contributed by atoms with E-state index < -0.39 is 11.7 Å². The summed E-state index contributed by atoms with van der Waals surface area (Å²) in [6.45, 7) is 1.19. The maximum absolute atomic E-state index is 12.7. The van der Waals surface area contributed by atoms with Crippen molar-refractivity contribution in [1.82, 2.24) is 5.32 Å². The number of hydrogen-bond acceptors (Lipinski definition) is 2. The van der Waals surface area contributed by atoms with Gasteiger partial charge in [-0.3, -0.25) is 0 Å². The number of hydrogen-bond donors (Lipinski definition) is 1. The first-order chi connectivity index (χ1) is 11.0. The van der Waals surface area contributed by atoms with E-state index in [1.807, 2.05) is 24.3 Å². The van der Waals surface area contributed by atoms with Gasteiger partial charge >= 0.3 is 6.18 Å². The second kappa shape index (κ2) is 6.62. The Kier molecular flexibility index (Phi) is 4.57. The van der Waals surface area contributed by atoms with Crippen LogP contribution in [0.5, 0.6) is 5.75 Å². The number of rotatable bonds is 1. The molecule has 0 aliphatic carbocycles. The van der Waals surface area contributed by atoms with Crippen LogP contribution in [-0.4, -0.2) is 13.2 Å². The molecule has 2 nitrogen and oxygen atoms in total. The van der Waals surface area contributed by atoms with Crippen molar-refractivity contribution < 1.29 is 17.9 Å². The zero-order valence-corrected chi connectivity index (χ0v) is 12.6. The van der Waals surface area contributed by atoms with Gasteiger partial charge in [0.15, 0.2) is 0 Å². The third-order valence-electron chi connectivity index (χ3n) is 4.03. The van der Waals surface area contributed by atoms with Crippen LogP contribution in [0.25, 0.3) is 0 Å². The molecular formula is C18H18F3NO. The Labute approximate surface area is 133 Å². The van der Waals surface area contributed by atoms with Crippen molar-refractivity contribution in [2.75, 3.05) is 13.2 Å². The summed E-state index contributed by atoms with van der Waals surface area (Å²) >= 11 is 0. The Morgan fingerprint density at radius 1 is 1.00 bits per heavy atom. The van der Waals surface area contributed by atoms with Crippen LogP contribution < -0.4 is 10.1 Å². The van der Waals surface area contributed by atoms with E-state index in [0.29, 0.717) is 6.61 Å². The van der Waals surface area contributed by atoms with Crippen LogP contribution in [0.2, 0.25) is 0 Å². The van der Waals surface area contributed by atoms with Crippen molar-refractivity contribution in [1.29, 1.82) is 0 Å². The number of para-hydroxylation sites is 1. The normalized spacial score (nSPS) is 19.0. The average molecular weight is 321 g/mol. The quantitative estimate of drug-likeness (QED) is 0.842. The minimum atomic E-state index is -4.31. The lowest BCUT2D eigenvalue weighted by atomic mass is 10.0. The Hall–Kier alpha value is -2.01. The molecule has 1 aliphatic heterocycles. The summed E-state index contributed by atoms with van der Waals surface area (Å²) in [5.74, 6) is 0.855. The van der Waals surface area contributed by atoms with E-state index in [1.165, 1.54) is 17.7 Å². The molecule has 1 aliphatic rings. The second-order valence-corrected chi connectivity index (χ2v) is 5.65. The van der Waals surface area contributed by atoms with Crippen LogP contribution in [0.4, 0.5) is 13.2 Å². The van der Waals surface area contributed by atoms with Crippen molar-refractivity contribution >= 4 is 0 Å². The summed E-state index contributed by atoms with van der Waals surface area (Å²) < 4.78 is 43.9. The largest absolute Gasteiger partial charge is 0.491 e. The number of aryl methyl sites for hydroxylation is 1. The molecule has 0 aromatic heterocycles. The molecule has 0 spiro atoms. The van der Waals surface area contributed by atoms with Crippen LogP contribution in [0.3, 0.4) is 0 Å². The summed E-state index contributed by atoms with van der Waals surface area (Å²) in [6.07, 6.45) is -2.43. The van der Waals surface area contributed by atoms with Crippen LogP contribution in [0, 0.1) is 0 Å². The smallest absolute Gasteiger partial charge is 0.416 e. The van der Waals surface area contributed by atoms with Gasteiger partial charge in [-0.25, -0.2) is 0 Å². The van der Waals surface area contributed by atoms with Gasteiger partial charge in [0.1, 0.15) is 12.4 Å². The zero-order chi connectivity index (χ0) is 16.3. The highest BCUT2D eigenvalue weighted by Gasteiger charge is 2.30. The topological polar surface area (TPSA) is 21.3 Å². The maximum atomic E-state index is 12.7. The second-order valence-electron chi connectivity index (χ2n) is 5.65. The zero-order valence-electron chi connectivity index (χ0n) is 12.6. The molecule has 2 aromatic carbocycles. The number of alkyl halides is 3. The van der Waals surface area contributed by atoms with Gasteiger partial charge in [0, 0.05) is 0 Å². The molecule has 1 unspecified atom stereocenters. The Balaban J connectivity index is 1.77. The van der Waals surface area contributed by atoms with E-state index in [9.17, 15) is 13.2 Å². The average Bonchev–Trinajstić information content (AvgIpc) is 2.64. The summed E-state index contributed by atoms with van der Waals surface area (Å²) in [5.41, 5.74) is 1.34. The molecule has 23 heavy (non-hydrogen) atoms. The van der Waals surface area contributed by atoms with Crippen molar-refractivity contribution in [3.63, 3.8) is 0 Å². The van der Waals surface area contributed by atoms with Crippen molar-refractivity contribution in [3.05, 3.63) is 65.2 Å². The first-order valence-corrected chi connectivity index (χ1v) is 7.65. The fraction of sp³-hybridized carbons (Fsp3) is 0.333. The van der Waals surface area contributed by atoms with Gasteiger partial charge in [-0.05, 0) is 48.7 Å². The fourth-order valence-corrected chi connectivity index (χ4v) is 2.76. The highest BCUT2D eigenvalue weighted by molar-refractivity contribution is 5.34. The summed E-state index contributed by atoms with van der Waals surface area (Å²) in [6, 6.07) is 13.1. The van der Waals surface area contributed by atoms with Crippen LogP contribution in [0.1, 0.15) is 29.2 Å². The van der Waals surface area contributed by atoms with Crippen molar-refractivity contribution in [2.24, 2.45) is 0 Å². The molecule has 2 aromatic rings. The van der Waals surface area contributed by atoms with Gasteiger partial charge in [0.05, 0.1) is 11.6 Å². The summed E-state index contributed by atoms with van der Waals surface area (Å²) in [4.78, 5) is 0. The molecule has 5 heteroatoms. The molecule has 0 fully saturated rings. The molecule has 0 amide bonds. The van der Waals surface area contributed by atoms with Crippen molar-refractivity contribution in [2.45, 2.75) is 25.1 Å². The predicted molar refractivity (Wildman–Crippen MR) is 82.4 cm³/mol. The van der Waals surface area contributed by atoms with Gasteiger partial charge < -0.3 is 10.1 Å². The number of halogens is 3. The lowest BCUT2D eigenvalue weighted by Gasteiger charge is -2.19. The van der Waals surface area contributed by atoms with Crippen molar-refractivity contribution in [3.8, 4) is 5.75 Å². The third-order valence-corrected chi connectivity index (χ3v) is 4.03. The van der Waals surface area contributed by atoms with E-state index in [1.54, 1.807) is 0 Å². The standard InChI is InChI=1S/C18H18F3NO/c19-18(20,21)15-9-7-13(8-10-15)16-12-23-17-6-2-1-4-14(17)5-3-11-22-16/h1-2,4,6-10,16,22H,3,5,11-12H2. The Morgan fingerprint density at radius 2 is 1.74 bits per heavy atom. The first-order valence-electron chi connectivity index (χ1n) is 7.65. The number of ether oxygens (including phenoxy) is 1. The van der Waals surface area contributed by atoms with Gasteiger partial charge in [0.25, 0.3) is 0 Å². The minimum Gasteiger partial charge on any atom is -0.491 e. The Morgan fingerprint density at radius 3 is 2.48 bits per heavy atom. The molecule has 0 saturated heterocycles. The van der Waals surface area contributed by atoms with Crippen LogP contribution >= 0.6 is 0 Å². The lowest BCUT2D eigenvalue weighted by molar-refractivity contribution is -0.137. The molecule has 0 bridgehead atoms. The van der Waals surface area contributed by atoms with Gasteiger partial charge in [-0.1, -0.05) is 30.3 Å². The SMILES string of the molecule is FC(F)(F)c1ccc(C2COc3ccccc3CCCN2)cc1.